The molecule has 1 N–H and O–H groups in total. The molecule has 2 rings (SSSR count). The van der Waals surface area contributed by atoms with Gasteiger partial charge in [-0.3, -0.25) is 4.79 Å². The topological polar surface area (TPSA) is 55.4 Å². The number of ether oxygens (including phenoxy) is 1. The van der Waals surface area contributed by atoms with E-state index in [1.807, 2.05) is 30.3 Å². The van der Waals surface area contributed by atoms with Gasteiger partial charge in [0.15, 0.2) is 0 Å². The molecule has 0 radical (unpaired) electrons. The lowest BCUT2D eigenvalue weighted by Crippen LogP contribution is -2.41. The molecule has 1 amide bonds. The molecule has 0 aromatic heterocycles. The van der Waals surface area contributed by atoms with E-state index in [0.717, 1.165) is 24.1 Å². The largest absolute Gasteiger partial charge is 0.467 e. The molecule has 132 valence electrons. The van der Waals surface area contributed by atoms with Gasteiger partial charge >= 0.3 is 5.97 Å². The number of amides is 1. The Kier molecular flexibility index (Phi) is 6.62. The van der Waals surface area contributed by atoms with Crippen LogP contribution < -0.4 is 5.32 Å². The van der Waals surface area contributed by atoms with Crippen molar-refractivity contribution in [1.82, 2.24) is 5.32 Å². The number of methoxy groups -OCH3 is 1. The summed E-state index contributed by atoms with van der Waals surface area (Å²) in [6, 6.07) is 11.5. The summed E-state index contributed by atoms with van der Waals surface area (Å²) in [7, 11) is 1.22. The van der Waals surface area contributed by atoms with Crippen molar-refractivity contribution >= 4 is 11.9 Å². The average molecular weight is 347 g/mol. The molecule has 2 aromatic carbocycles. The maximum Gasteiger partial charge on any atom is 0.328 e. The van der Waals surface area contributed by atoms with Crippen molar-refractivity contribution in [3.05, 3.63) is 71.3 Å². The maximum atomic E-state index is 13.7. The Bertz CT molecular complexity index is 735. The number of halogens is 2. The summed E-state index contributed by atoms with van der Waals surface area (Å²) in [5.74, 6) is -3.15. The van der Waals surface area contributed by atoms with Crippen LogP contribution in [0.5, 0.6) is 0 Å². The van der Waals surface area contributed by atoms with Gasteiger partial charge in [-0.05, 0) is 37.0 Å². The monoisotopic (exact) mass is 347 g/mol. The van der Waals surface area contributed by atoms with Crippen LogP contribution in [0, 0.1) is 11.6 Å². The molecule has 0 unspecified atom stereocenters. The minimum Gasteiger partial charge on any atom is -0.467 e. The quantitative estimate of drug-likeness (QED) is 0.782. The van der Waals surface area contributed by atoms with Gasteiger partial charge in [0.05, 0.1) is 12.7 Å². The summed E-state index contributed by atoms with van der Waals surface area (Å²) in [6.45, 7) is 0. The molecule has 0 spiro atoms. The van der Waals surface area contributed by atoms with Crippen molar-refractivity contribution < 1.29 is 23.1 Å². The number of aryl methyl sites for hydroxylation is 1. The highest BCUT2D eigenvalue weighted by Crippen LogP contribution is 2.12. The Morgan fingerprint density at radius 3 is 2.48 bits per heavy atom. The molecule has 25 heavy (non-hydrogen) atoms. The van der Waals surface area contributed by atoms with Crippen LogP contribution in [0.1, 0.15) is 28.8 Å². The molecule has 2 aromatic rings. The predicted octanol–water partition coefficient (Wildman–Crippen LogP) is 3.26. The summed E-state index contributed by atoms with van der Waals surface area (Å²) in [5, 5.41) is 2.45. The van der Waals surface area contributed by atoms with Crippen molar-refractivity contribution in [2.45, 2.75) is 25.3 Å². The first-order valence-electron chi connectivity index (χ1n) is 7.89. The third-order valence-corrected chi connectivity index (χ3v) is 3.77. The number of rotatable bonds is 7. The normalized spacial score (nSPS) is 11.6. The van der Waals surface area contributed by atoms with Crippen molar-refractivity contribution in [2.75, 3.05) is 7.11 Å². The first kappa shape index (κ1) is 18.6. The van der Waals surface area contributed by atoms with Crippen LogP contribution in [-0.4, -0.2) is 25.0 Å². The van der Waals surface area contributed by atoms with Crippen LogP contribution in [0.25, 0.3) is 0 Å². The molecule has 0 heterocycles. The molecule has 0 bridgehead atoms. The lowest BCUT2D eigenvalue weighted by atomic mass is 10.0. The molecule has 4 nitrogen and oxygen atoms in total. The van der Waals surface area contributed by atoms with E-state index in [-0.39, 0.29) is 5.56 Å². The standard InChI is InChI=1S/C19H19F2NO3/c1-25-19(24)17(9-5-8-13-6-3-2-4-7-13)22-18(23)15-11-10-14(20)12-16(15)21/h2-4,6-7,10-12,17H,5,8-9H2,1H3,(H,22,23)/t17-/m0/s1. The Morgan fingerprint density at radius 2 is 1.84 bits per heavy atom. The molecular formula is C19H19F2NO3. The molecule has 1 atom stereocenters. The number of benzene rings is 2. The van der Waals surface area contributed by atoms with Crippen LogP contribution in [0.15, 0.2) is 48.5 Å². The summed E-state index contributed by atoms with van der Waals surface area (Å²) in [4.78, 5) is 24.0. The summed E-state index contributed by atoms with van der Waals surface area (Å²) >= 11 is 0. The van der Waals surface area contributed by atoms with Crippen LogP contribution in [0.2, 0.25) is 0 Å². The van der Waals surface area contributed by atoms with Gasteiger partial charge in [-0.25, -0.2) is 13.6 Å². The molecule has 0 saturated carbocycles. The highest BCUT2D eigenvalue weighted by atomic mass is 19.1. The van der Waals surface area contributed by atoms with Gasteiger partial charge in [0.2, 0.25) is 0 Å². The minimum absolute atomic E-state index is 0.321. The van der Waals surface area contributed by atoms with Gasteiger partial charge in [-0.1, -0.05) is 30.3 Å². The molecular weight excluding hydrogens is 328 g/mol. The van der Waals surface area contributed by atoms with E-state index in [1.165, 1.54) is 7.11 Å². The van der Waals surface area contributed by atoms with Crippen LogP contribution in [0.4, 0.5) is 8.78 Å². The Morgan fingerprint density at radius 1 is 1.12 bits per heavy atom. The van der Waals surface area contributed by atoms with Crippen molar-refractivity contribution in [2.24, 2.45) is 0 Å². The predicted molar refractivity (Wildman–Crippen MR) is 89.0 cm³/mol. The first-order valence-corrected chi connectivity index (χ1v) is 7.89. The third kappa shape index (κ3) is 5.38. The maximum absolute atomic E-state index is 13.7. The fraction of sp³-hybridized carbons (Fsp3) is 0.263. The molecule has 0 aliphatic heterocycles. The van der Waals surface area contributed by atoms with Crippen LogP contribution >= 0.6 is 0 Å². The second-order valence-corrected chi connectivity index (χ2v) is 5.55. The number of hydrogen-bond donors (Lipinski definition) is 1. The highest BCUT2D eigenvalue weighted by molar-refractivity contribution is 5.97. The molecule has 6 heteroatoms. The summed E-state index contributed by atoms with van der Waals surface area (Å²) in [5.41, 5.74) is 0.792. The number of esters is 1. The fourth-order valence-electron chi connectivity index (χ4n) is 2.46. The second kappa shape index (κ2) is 8.92. The second-order valence-electron chi connectivity index (χ2n) is 5.55. The average Bonchev–Trinajstić information content (AvgIpc) is 2.61. The van der Waals surface area contributed by atoms with Crippen molar-refractivity contribution in [1.29, 1.82) is 0 Å². The minimum atomic E-state index is -0.981. The lowest BCUT2D eigenvalue weighted by molar-refractivity contribution is -0.143. The SMILES string of the molecule is COC(=O)[C@H](CCCc1ccccc1)NC(=O)c1ccc(F)cc1F. The molecule has 0 saturated heterocycles. The van der Waals surface area contributed by atoms with E-state index in [2.05, 4.69) is 5.32 Å². The van der Waals surface area contributed by atoms with Gasteiger partial charge in [-0.15, -0.1) is 0 Å². The van der Waals surface area contributed by atoms with Crippen molar-refractivity contribution in [3.8, 4) is 0 Å². The first-order chi connectivity index (χ1) is 12.0. The zero-order valence-corrected chi connectivity index (χ0v) is 13.8. The Hall–Kier alpha value is -2.76. The number of carbonyl (C=O) groups excluding carboxylic acids is 2. The van der Waals surface area contributed by atoms with E-state index in [9.17, 15) is 18.4 Å². The van der Waals surface area contributed by atoms with Crippen LogP contribution in [0.3, 0.4) is 0 Å². The number of hydrogen-bond acceptors (Lipinski definition) is 3. The van der Waals surface area contributed by atoms with Gasteiger partial charge in [0.1, 0.15) is 17.7 Å². The zero-order valence-electron chi connectivity index (χ0n) is 13.8. The number of carbonyl (C=O) groups is 2. The summed E-state index contributed by atoms with van der Waals surface area (Å²) < 4.78 is 31.3. The van der Waals surface area contributed by atoms with Gasteiger partial charge < -0.3 is 10.1 Å². The summed E-state index contributed by atoms with van der Waals surface area (Å²) in [6.07, 6.45) is 1.71. The van der Waals surface area contributed by atoms with Crippen molar-refractivity contribution in [3.63, 3.8) is 0 Å². The van der Waals surface area contributed by atoms with Gasteiger partial charge in [0, 0.05) is 6.07 Å². The van der Waals surface area contributed by atoms with E-state index < -0.39 is 29.6 Å². The smallest absolute Gasteiger partial charge is 0.328 e. The zero-order chi connectivity index (χ0) is 18.2. The van der Waals surface area contributed by atoms with E-state index in [0.29, 0.717) is 18.9 Å². The van der Waals surface area contributed by atoms with E-state index >= 15 is 0 Å². The van der Waals surface area contributed by atoms with Gasteiger partial charge in [-0.2, -0.15) is 0 Å². The van der Waals surface area contributed by atoms with E-state index in [4.69, 9.17) is 4.74 Å². The lowest BCUT2D eigenvalue weighted by Gasteiger charge is -2.16. The number of nitrogens with one attached hydrogen (secondary N) is 1. The van der Waals surface area contributed by atoms with E-state index in [1.54, 1.807) is 0 Å². The van der Waals surface area contributed by atoms with Crippen LogP contribution in [-0.2, 0) is 16.0 Å². The molecule has 0 fully saturated rings. The Balaban J connectivity index is 1.99. The molecule has 0 aliphatic carbocycles. The fourth-order valence-corrected chi connectivity index (χ4v) is 2.46. The third-order valence-electron chi connectivity index (χ3n) is 3.77. The molecule has 0 aliphatic rings. The Labute approximate surface area is 144 Å². The van der Waals surface area contributed by atoms with Gasteiger partial charge in [0.25, 0.3) is 5.91 Å². The highest BCUT2D eigenvalue weighted by Gasteiger charge is 2.23.